The first-order valence-corrected chi connectivity index (χ1v) is 14.1. The van der Waals surface area contributed by atoms with Crippen molar-refractivity contribution in [3.05, 3.63) is 53.8 Å². The topological polar surface area (TPSA) is 108 Å². The maximum Gasteiger partial charge on any atom is 0.329 e. The van der Waals surface area contributed by atoms with Crippen LogP contribution in [0, 0.1) is 25.7 Å². The van der Waals surface area contributed by atoms with Crippen molar-refractivity contribution in [3.63, 3.8) is 0 Å². The molecule has 41 heavy (non-hydrogen) atoms. The van der Waals surface area contributed by atoms with Gasteiger partial charge in [0.25, 0.3) is 0 Å². The molecular formula is C32H48N6O3. The summed E-state index contributed by atoms with van der Waals surface area (Å²) in [6, 6.07) is 2.18. The van der Waals surface area contributed by atoms with Crippen LogP contribution in [0.1, 0.15) is 65.3 Å². The molecule has 0 atom stereocenters. The van der Waals surface area contributed by atoms with Crippen LogP contribution in [0.25, 0.3) is 11.0 Å². The Bertz CT molecular complexity index is 1180. The van der Waals surface area contributed by atoms with Gasteiger partial charge in [-0.15, -0.1) is 32.3 Å². The number of rotatable bonds is 14. The highest BCUT2D eigenvalue weighted by atomic mass is 16.5. The van der Waals surface area contributed by atoms with E-state index in [0.717, 1.165) is 42.6 Å². The Morgan fingerprint density at radius 2 is 1.88 bits per heavy atom. The van der Waals surface area contributed by atoms with Crippen LogP contribution in [-0.4, -0.2) is 63.6 Å². The Balaban J connectivity index is 0.00000210. The fourth-order valence-corrected chi connectivity index (χ4v) is 3.89. The van der Waals surface area contributed by atoms with Crippen LogP contribution in [0.5, 0.6) is 0 Å². The molecule has 0 unspecified atom stereocenters. The van der Waals surface area contributed by atoms with Crippen molar-refractivity contribution in [2.75, 3.05) is 32.8 Å². The quantitative estimate of drug-likeness (QED) is 0.0899. The Kier molecular flexibility index (Phi) is 20.4. The fourth-order valence-electron chi connectivity index (χ4n) is 3.89. The number of fused-ring (bicyclic) bond motifs is 1. The first kappa shape index (κ1) is 36.9. The van der Waals surface area contributed by atoms with Crippen molar-refractivity contribution >= 4 is 22.8 Å². The van der Waals surface area contributed by atoms with E-state index in [4.69, 9.17) is 15.5 Å². The first-order chi connectivity index (χ1) is 20.0. The molecule has 9 heteroatoms. The lowest BCUT2D eigenvalue weighted by Gasteiger charge is -2.25. The van der Waals surface area contributed by atoms with Crippen LogP contribution < -0.4 is 11.4 Å². The van der Waals surface area contributed by atoms with Gasteiger partial charge in [0.1, 0.15) is 5.84 Å². The number of carbonyl (C=O) groups is 1. The lowest BCUT2D eigenvalue weighted by molar-refractivity contribution is -0.142. The zero-order valence-corrected chi connectivity index (χ0v) is 25.1. The lowest BCUT2D eigenvalue weighted by atomic mass is 10.3. The SMILES string of the molecule is C#C.C#C.C=CCN(CCCCOC(=O)CN)C(Cn1c(=O)n(C2CC2)c2ccncc21)=NC/C=C\CC.CCC. The van der Waals surface area contributed by atoms with Gasteiger partial charge in [-0.2, -0.15) is 0 Å². The molecule has 2 N–H and O–H groups in total. The summed E-state index contributed by atoms with van der Waals surface area (Å²) in [6.45, 7) is 12.7. The Labute approximate surface area is 246 Å². The lowest BCUT2D eigenvalue weighted by Crippen LogP contribution is -2.38. The molecule has 3 rings (SSSR count). The molecule has 0 bridgehead atoms. The average Bonchev–Trinajstić information content (AvgIpc) is 3.80. The molecule has 1 aliphatic rings. The minimum atomic E-state index is -0.395. The van der Waals surface area contributed by atoms with Crippen molar-refractivity contribution in [2.45, 2.75) is 71.9 Å². The summed E-state index contributed by atoms with van der Waals surface area (Å²) in [5.41, 5.74) is 7.01. The average molecular weight is 565 g/mol. The second kappa shape index (κ2) is 22.7. The predicted octanol–water partition coefficient (Wildman–Crippen LogP) is 4.58. The van der Waals surface area contributed by atoms with Gasteiger partial charge in [0.15, 0.2) is 0 Å². The van der Waals surface area contributed by atoms with Gasteiger partial charge in [-0.3, -0.25) is 23.9 Å². The largest absolute Gasteiger partial charge is 0.465 e. The third kappa shape index (κ3) is 12.8. The van der Waals surface area contributed by atoms with Crippen LogP contribution in [0.4, 0.5) is 0 Å². The van der Waals surface area contributed by atoms with Crippen LogP contribution >= 0.6 is 0 Å². The number of ether oxygens (including phenoxy) is 1. The van der Waals surface area contributed by atoms with Gasteiger partial charge in [-0.1, -0.05) is 45.4 Å². The summed E-state index contributed by atoms with van der Waals surface area (Å²) in [4.78, 5) is 35.9. The summed E-state index contributed by atoms with van der Waals surface area (Å²) in [7, 11) is 0. The van der Waals surface area contributed by atoms with Gasteiger partial charge >= 0.3 is 11.7 Å². The number of carbonyl (C=O) groups excluding carboxylic acids is 1. The van der Waals surface area contributed by atoms with Gasteiger partial charge < -0.3 is 15.4 Å². The molecule has 0 aromatic carbocycles. The number of aromatic nitrogens is 3. The van der Waals surface area contributed by atoms with E-state index in [9.17, 15) is 9.59 Å². The number of hydrogen-bond donors (Lipinski definition) is 1. The molecule has 0 amide bonds. The zero-order valence-electron chi connectivity index (χ0n) is 25.1. The van der Waals surface area contributed by atoms with Crippen molar-refractivity contribution in [2.24, 2.45) is 10.7 Å². The highest BCUT2D eigenvalue weighted by Crippen LogP contribution is 2.35. The number of imidazole rings is 1. The molecule has 2 aromatic rings. The summed E-state index contributed by atoms with van der Waals surface area (Å²) in [6.07, 6.45) is 31.2. The number of unbranched alkanes of at least 4 members (excludes halogenated alkanes) is 1. The molecule has 0 aliphatic heterocycles. The van der Waals surface area contributed by atoms with E-state index < -0.39 is 5.97 Å². The zero-order chi connectivity index (χ0) is 31.0. The van der Waals surface area contributed by atoms with Gasteiger partial charge in [0.2, 0.25) is 0 Å². The number of hydrogen-bond acceptors (Lipinski definition) is 6. The highest BCUT2D eigenvalue weighted by Gasteiger charge is 2.29. The Morgan fingerprint density at radius 3 is 2.46 bits per heavy atom. The fraction of sp³-hybridized carbons (Fsp3) is 0.500. The van der Waals surface area contributed by atoms with Gasteiger partial charge in [-0.05, 0) is 38.2 Å². The van der Waals surface area contributed by atoms with Crippen LogP contribution in [0.2, 0.25) is 0 Å². The molecule has 224 valence electrons. The minimum Gasteiger partial charge on any atom is -0.465 e. The molecule has 2 heterocycles. The number of allylic oxidation sites excluding steroid dienone is 1. The van der Waals surface area contributed by atoms with E-state index in [-0.39, 0.29) is 18.3 Å². The van der Waals surface area contributed by atoms with Gasteiger partial charge in [0.05, 0.1) is 43.5 Å². The maximum absolute atomic E-state index is 13.4. The third-order valence-electron chi connectivity index (χ3n) is 5.72. The van der Waals surface area contributed by atoms with E-state index in [1.807, 2.05) is 22.8 Å². The second-order valence-electron chi connectivity index (χ2n) is 9.04. The van der Waals surface area contributed by atoms with E-state index in [0.29, 0.717) is 39.2 Å². The van der Waals surface area contributed by atoms with Crippen LogP contribution in [0.15, 0.2) is 53.1 Å². The normalized spacial score (nSPS) is 12.2. The van der Waals surface area contributed by atoms with E-state index >= 15 is 0 Å². The third-order valence-corrected chi connectivity index (χ3v) is 5.72. The summed E-state index contributed by atoms with van der Waals surface area (Å²) < 4.78 is 8.76. The van der Waals surface area contributed by atoms with Gasteiger partial charge in [0, 0.05) is 25.3 Å². The molecule has 0 spiro atoms. The van der Waals surface area contributed by atoms with E-state index in [1.165, 1.54) is 6.42 Å². The second-order valence-corrected chi connectivity index (χ2v) is 9.04. The number of pyridine rings is 1. The number of aliphatic imine (C=N–C) groups is 1. The smallest absolute Gasteiger partial charge is 0.329 e. The van der Waals surface area contributed by atoms with Crippen molar-refractivity contribution < 1.29 is 9.53 Å². The van der Waals surface area contributed by atoms with Gasteiger partial charge in [-0.25, -0.2) is 4.79 Å². The number of amidine groups is 1. The maximum atomic E-state index is 13.4. The predicted molar refractivity (Wildman–Crippen MR) is 171 cm³/mol. The number of nitrogens with zero attached hydrogens (tertiary/aromatic N) is 5. The minimum absolute atomic E-state index is 0.0189. The summed E-state index contributed by atoms with van der Waals surface area (Å²) in [5.74, 6) is 0.424. The molecule has 0 radical (unpaired) electrons. The summed E-state index contributed by atoms with van der Waals surface area (Å²) in [5, 5.41) is 0. The molecule has 1 fully saturated rings. The van der Waals surface area contributed by atoms with Crippen molar-refractivity contribution in [1.82, 2.24) is 19.0 Å². The first-order valence-electron chi connectivity index (χ1n) is 14.1. The molecular weight excluding hydrogens is 516 g/mol. The summed E-state index contributed by atoms with van der Waals surface area (Å²) >= 11 is 0. The molecule has 0 saturated heterocycles. The van der Waals surface area contributed by atoms with Crippen molar-refractivity contribution in [1.29, 1.82) is 0 Å². The Morgan fingerprint density at radius 1 is 1.20 bits per heavy atom. The molecule has 1 saturated carbocycles. The van der Waals surface area contributed by atoms with Crippen LogP contribution in [0.3, 0.4) is 0 Å². The number of nitrogens with two attached hydrogens (primary N) is 1. The molecule has 2 aromatic heterocycles. The van der Waals surface area contributed by atoms with Crippen LogP contribution in [-0.2, 0) is 16.1 Å². The van der Waals surface area contributed by atoms with E-state index in [1.54, 1.807) is 17.0 Å². The van der Waals surface area contributed by atoms with E-state index in [2.05, 4.69) is 69.0 Å². The molecule has 1 aliphatic carbocycles. The molecule has 9 nitrogen and oxygen atoms in total. The Hall–Kier alpha value is -4.08. The van der Waals surface area contributed by atoms with Crippen molar-refractivity contribution in [3.8, 4) is 25.7 Å². The number of esters is 1. The number of terminal acetylenes is 2. The highest BCUT2D eigenvalue weighted by molar-refractivity contribution is 5.85. The monoisotopic (exact) mass is 564 g/mol. The standard InChI is InChI=1S/C25H36N6O3.C3H8.2C2H2/c1-3-5-6-12-28-23(29(14-4-2)15-7-8-16-34-24(32)17-26)19-30-22-18-27-13-11-21(22)31(25(30)33)20-9-10-20;1-3-2;2*1-2/h4-6,11,13,18,20H,2-3,7-10,12,14-17,19,26H2,1H3;3H2,1-2H3;2*1-2H/b6-5-,28-23?;;;.